The number of amides is 2. The van der Waals surface area contributed by atoms with E-state index in [0.29, 0.717) is 55.9 Å². The number of morpholine rings is 1. The molecule has 3 aromatic rings. The van der Waals surface area contributed by atoms with E-state index in [4.69, 9.17) is 14.0 Å². The number of rotatable bonds is 5. The van der Waals surface area contributed by atoms with E-state index in [1.165, 1.54) is 0 Å². The summed E-state index contributed by atoms with van der Waals surface area (Å²) in [6.45, 7) is 4.23. The lowest BCUT2D eigenvalue weighted by atomic mass is 10.1. The first kappa shape index (κ1) is 22.1. The summed E-state index contributed by atoms with van der Waals surface area (Å²) >= 11 is 0. The third-order valence-electron chi connectivity index (χ3n) is 6.00. The van der Waals surface area contributed by atoms with Crippen molar-refractivity contribution >= 4 is 17.5 Å². The van der Waals surface area contributed by atoms with Gasteiger partial charge in [0.05, 0.1) is 25.4 Å². The van der Waals surface area contributed by atoms with Crippen LogP contribution >= 0.6 is 0 Å². The summed E-state index contributed by atoms with van der Waals surface area (Å²) in [5, 5.41) is 4.04. The molecule has 9 nitrogen and oxygen atoms in total. The first-order valence-corrected chi connectivity index (χ1v) is 11.4. The van der Waals surface area contributed by atoms with Crippen molar-refractivity contribution in [3.63, 3.8) is 0 Å². The Hall–Kier alpha value is -3.72. The van der Waals surface area contributed by atoms with E-state index >= 15 is 0 Å². The minimum atomic E-state index is -0.756. The molecule has 0 saturated carbocycles. The first-order valence-electron chi connectivity index (χ1n) is 11.4. The van der Waals surface area contributed by atoms with Crippen LogP contribution in [0.5, 0.6) is 5.75 Å². The van der Waals surface area contributed by atoms with Gasteiger partial charge >= 0.3 is 0 Å². The second kappa shape index (κ2) is 9.64. The number of aryl methyl sites for hydroxylation is 2. The Morgan fingerprint density at radius 2 is 1.82 bits per heavy atom. The zero-order chi connectivity index (χ0) is 23.5. The number of hydrogen-bond acceptors (Lipinski definition) is 7. The Morgan fingerprint density at radius 1 is 1.06 bits per heavy atom. The number of carbonyl (C=O) groups excluding carboxylic acids is 2. The van der Waals surface area contributed by atoms with Gasteiger partial charge in [-0.05, 0) is 19.1 Å². The van der Waals surface area contributed by atoms with Crippen LogP contribution < -0.4 is 9.64 Å². The molecule has 0 bridgehead atoms. The van der Waals surface area contributed by atoms with Gasteiger partial charge in [0.1, 0.15) is 5.75 Å². The number of ether oxygens (including phenoxy) is 2. The normalized spacial score (nSPS) is 17.7. The molecule has 2 aliphatic heterocycles. The lowest BCUT2D eigenvalue weighted by Crippen LogP contribution is -2.54. The zero-order valence-corrected chi connectivity index (χ0v) is 19.0. The fraction of sp³-hybridized carbons (Fsp3) is 0.360. The molecule has 1 fully saturated rings. The Kier molecular flexibility index (Phi) is 6.27. The summed E-state index contributed by atoms with van der Waals surface area (Å²) in [4.78, 5) is 34.1. The lowest BCUT2D eigenvalue weighted by molar-refractivity contribution is -0.142. The molecule has 34 heavy (non-hydrogen) atoms. The molecule has 2 amide bonds. The van der Waals surface area contributed by atoms with Crippen LogP contribution in [-0.2, 0) is 20.7 Å². The molecule has 1 saturated heterocycles. The van der Waals surface area contributed by atoms with Crippen molar-refractivity contribution in [1.29, 1.82) is 0 Å². The van der Waals surface area contributed by atoms with Crippen molar-refractivity contribution in [3.05, 3.63) is 60.0 Å². The van der Waals surface area contributed by atoms with E-state index in [9.17, 15) is 9.59 Å². The minimum absolute atomic E-state index is 0.129. The summed E-state index contributed by atoms with van der Waals surface area (Å²) in [6.07, 6.45) is -0.282. The van der Waals surface area contributed by atoms with Crippen molar-refractivity contribution in [3.8, 4) is 17.1 Å². The van der Waals surface area contributed by atoms with Gasteiger partial charge in [-0.2, -0.15) is 4.98 Å². The largest absolute Gasteiger partial charge is 0.476 e. The fourth-order valence-corrected chi connectivity index (χ4v) is 4.11. The minimum Gasteiger partial charge on any atom is -0.476 e. The first-order chi connectivity index (χ1) is 16.6. The smallest absolute Gasteiger partial charge is 0.265 e. The predicted molar refractivity (Wildman–Crippen MR) is 123 cm³/mol. The Bertz CT molecular complexity index is 1170. The van der Waals surface area contributed by atoms with Crippen molar-refractivity contribution in [2.75, 3.05) is 37.7 Å². The van der Waals surface area contributed by atoms with E-state index in [2.05, 4.69) is 10.1 Å². The van der Waals surface area contributed by atoms with Crippen LogP contribution in [0.1, 0.15) is 17.9 Å². The van der Waals surface area contributed by atoms with Crippen LogP contribution in [0.4, 0.5) is 5.69 Å². The highest BCUT2D eigenvalue weighted by Gasteiger charge is 2.36. The Balaban J connectivity index is 1.27. The second-order valence-electron chi connectivity index (χ2n) is 8.39. The van der Waals surface area contributed by atoms with Gasteiger partial charge in [0.15, 0.2) is 6.10 Å². The quantitative estimate of drug-likeness (QED) is 0.575. The maximum absolute atomic E-state index is 13.2. The average Bonchev–Trinajstić information content (AvgIpc) is 3.36. The van der Waals surface area contributed by atoms with E-state index < -0.39 is 6.10 Å². The van der Waals surface area contributed by atoms with E-state index in [1.807, 2.05) is 49.4 Å². The monoisotopic (exact) mass is 462 g/mol. The fourth-order valence-electron chi connectivity index (χ4n) is 4.11. The number of nitrogens with zero attached hydrogens (tertiary/aromatic N) is 4. The summed E-state index contributed by atoms with van der Waals surface area (Å²) in [7, 11) is 0. The Labute approximate surface area is 197 Å². The van der Waals surface area contributed by atoms with Gasteiger partial charge in [0, 0.05) is 31.5 Å². The number of para-hydroxylation sites is 2. The summed E-state index contributed by atoms with van der Waals surface area (Å²) in [5.74, 6) is 1.15. The number of anilines is 1. The second-order valence-corrected chi connectivity index (χ2v) is 8.39. The molecule has 2 aromatic carbocycles. The van der Waals surface area contributed by atoms with Crippen molar-refractivity contribution in [1.82, 2.24) is 15.0 Å². The molecular weight excluding hydrogens is 436 g/mol. The SMILES string of the molecule is Cc1ccc(-c2noc(CCC(=O)N3CC(C(=O)N4CCOCC4)Oc4ccccc43)n2)cc1. The third-order valence-corrected chi connectivity index (χ3v) is 6.00. The molecule has 5 rings (SSSR count). The van der Waals surface area contributed by atoms with Crippen LogP contribution in [-0.4, -0.2) is 65.8 Å². The molecule has 1 atom stereocenters. The van der Waals surface area contributed by atoms with Crippen LogP contribution in [0.25, 0.3) is 11.4 Å². The van der Waals surface area contributed by atoms with Gasteiger partial charge in [0.2, 0.25) is 17.6 Å². The summed E-state index contributed by atoms with van der Waals surface area (Å²) in [6, 6.07) is 15.1. The number of hydrogen-bond donors (Lipinski definition) is 0. The molecule has 1 unspecified atom stereocenters. The van der Waals surface area contributed by atoms with Gasteiger partial charge in [-0.15, -0.1) is 0 Å². The lowest BCUT2D eigenvalue weighted by Gasteiger charge is -2.37. The predicted octanol–water partition coefficient (Wildman–Crippen LogP) is 2.63. The summed E-state index contributed by atoms with van der Waals surface area (Å²) in [5.41, 5.74) is 2.66. The maximum Gasteiger partial charge on any atom is 0.265 e. The topological polar surface area (TPSA) is 98.0 Å². The zero-order valence-electron chi connectivity index (χ0n) is 19.0. The van der Waals surface area contributed by atoms with Crippen LogP contribution in [0.15, 0.2) is 53.1 Å². The molecule has 0 aliphatic carbocycles. The van der Waals surface area contributed by atoms with Crippen LogP contribution in [0.3, 0.4) is 0 Å². The number of aromatic nitrogens is 2. The number of benzene rings is 2. The molecule has 0 radical (unpaired) electrons. The molecule has 1 aromatic heterocycles. The molecular formula is C25H26N4O5. The summed E-state index contributed by atoms with van der Waals surface area (Å²) < 4.78 is 16.7. The molecule has 176 valence electrons. The van der Waals surface area contributed by atoms with Gasteiger partial charge in [-0.3, -0.25) is 9.59 Å². The van der Waals surface area contributed by atoms with Crippen LogP contribution in [0, 0.1) is 6.92 Å². The third kappa shape index (κ3) is 4.65. The van der Waals surface area contributed by atoms with Gasteiger partial charge in [-0.1, -0.05) is 47.1 Å². The van der Waals surface area contributed by atoms with E-state index in [1.54, 1.807) is 15.9 Å². The highest BCUT2D eigenvalue weighted by molar-refractivity contribution is 5.97. The highest BCUT2D eigenvalue weighted by atomic mass is 16.5. The molecule has 2 aliphatic rings. The maximum atomic E-state index is 13.2. The van der Waals surface area contributed by atoms with Crippen LogP contribution in [0.2, 0.25) is 0 Å². The average molecular weight is 463 g/mol. The molecule has 0 N–H and O–H groups in total. The number of fused-ring (bicyclic) bond motifs is 1. The standard InChI is InChI=1S/C25H26N4O5/c1-17-6-8-18(9-7-17)24-26-22(34-27-24)10-11-23(30)29-16-21(25(31)28-12-14-32-15-13-28)33-20-5-3-2-4-19(20)29/h2-9,21H,10-16H2,1H3. The van der Waals surface area contributed by atoms with Crippen molar-refractivity contribution < 1.29 is 23.6 Å². The molecule has 3 heterocycles. The molecule has 9 heteroatoms. The van der Waals surface area contributed by atoms with Gasteiger partial charge in [-0.25, -0.2) is 0 Å². The van der Waals surface area contributed by atoms with Crippen molar-refractivity contribution in [2.24, 2.45) is 0 Å². The van der Waals surface area contributed by atoms with Crippen molar-refractivity contribution in [2.45, 2.75) is 25.9 Å². The number of carbonyl (C=O) groups is 2. The van der Waals surface area contributed by atoms with E-state index in [0.717, 1.165) is 11.1 Å². The van der Waals surface area contributed by atoms with Gasteiger partial charge < -0.3 is 23.8 Å². The highest BCUT2D eigenvalue weighted by Crippen LogP contribution is 2.34. The van der Waals surface area contributed by atoms with Gasteiger partial charge in [0.25, 0.3) is 5.91 Å². The van der Waals surface area contributed by atoms with E-state index in [-0.39, 0.29) is 24.8 Å². The Morgan fingerprint density at radius 3 is 2.62 bits per heavy atom. The molecule has 0 spiro atoms.